The van der Waals surface area contributed by atoms with Crippen molar-refractivity contribution in [2.75, 3.05) is 6.79 Å². The quantitative estimate of drug-likeness (QED) is 0.832. The van der Waals surface area contributed by atoms with Crippen LogP contribution in [0.4, 0.5) is 0 Å². The van der Waals surface area contributed by atoms with E-state index in [1.54, 1.807) is 36.4 Å². The van der Waals surface area contributed by atoms with Gasteiger partial charge in [-0.25, -0.2) is 4.79 Å². The SMILES string of the molecule is O=C(O)/C(=C\c1cc2c(cc1Cl)OCO2)NC(=O)c1ccccc1. The first-order chi connectivity index (χ1) is 11.5. The molecule has 1 aliphatic rings. The second-order valence-corrected chi connectivity index (χ2v) is 5.32. The number of fused-ring (bicyclic) bond motifs is 1. The number of carboxylic acids is 1. The van der Waals surface area contributed by atoms with Crippen molar-refractivity contribution in [2.24, 2.45) is 0 Å². The van der Waals surface area contributed by atoms with E-state index in [4.69, 9.17) is 21.1 Å². The van der Waals surface area contributed by atoms with Crippen molar-refractivity contribution in [3.63, 3.8) is 0 Å². The number of hydrogen-bond acceptors (Lipinski definition) is 4. The zero-order chi connectivity index (χ0) is 17.1. The van der Waals surface area contributed by atoms with Gasteiger partial charge in [0.1, 0.15) is 5.70 Å². The molecule has 7 heteroatoms. The predicted octanol–water partition coefficient (Wildman–Crippen LogP) is 2.92. The normalized spacial score (nSPS) is 12.8. The Morgan fingerprint density at radius 1 is 1.12 bits per heavy atom. The van der Waals surface area contributed by atoms with Crippen LogP contribution in [0.2, 0.25) is 5.02 Å². The summed E-state index contributed by atoms with van der Waals surface area (Å²) in [6.07, 6.45) is 1.27. The minimum absolute atomic E-state index is 0.0787. The molecule has 1 heterocycles. The van der Waals surface area contributed by atoms with Crippen LogP contribution in [0, 0.1) is 0 Å². The van der Waals surface area contributed by atoms with Crippen LogP contribution in [0.1, 0.15) is 15.9 Å². The maximum Gasteiger partial charge on any atom is 0.352 e. The molecule has 0 unspecified atom stereocenters. The molecule has 2 aromatic rings. The highest BCUT2D eigenvalue weighted by Crippen LogP contribution is 2.37. The number of ether oxygens (including phenoxy) is 2. The number of carbonyl (C=O) groups excluding carboxylic acids is 1. The molecule has 24 heavy (non-hydrogen) atoms. The average molecular weight is 346 g/mol. The summed E-state index contributed by atoms with van der Waals surface area (Å²) in [4.78, 5) is 23.6. The fraction of sp³-hybridized carbons (Fsp3) is 0.0588. The first kappa shape index (κ1) is 15.9. The molecule has 0 spiro atoms. The van der Waals surface area contributed by atoms with Crippen molar-refractivity contribution in [1.29, 1.82) is 0 Å². The molecular weight excluding hydrogens is 334 g/mol. The second-order valence-electron chi connectivity index (χ2n) is 4.91. The number of carboxylic acid groups (broad SMARTS) is 1. The molecule has 0 fully saturated rings. The van der Waals surface area contributed by atoms with E-state index in [2.05, 4.69) is 5.32 Å². The summed E-state index contributed by atoms with van der Waals surface area (Å²) in [5.41, 5.74) is 0.442. The molecule has 122 valence electrons. The predicted molar refractivity (Wildman–Crippen MR) is 87.1 cm³/mol. The average Bonchev–Trinajstić information content (AvgIpc) is 3.02. The van der Waals surface area contributed by atoms with E-state index in [9.17, 15) is 14.7 Å². The standard InChI is InChI=1S/C17H12ClNO5/c18-12-8-15-14(23-9-24-15)7-11(12)6-13(17(21)22)19-16(20)10-4-2-1-3-5-10/h1-8H,9H2,(H,19,20)(H,21,22)/b13-6+. The summed E-state index contributed by atoms with van der Waals surface area (Å²) in [5, 5.41) is 12.0. The van der Waals surface area contributed by atoms with Gasteiger partial charge in [-0.05, 0) is 29.8 Å². The van der Waals surface area contributed by atoms with Crippen LogP contribution in [0.25, 0.3) is 6.08 Å². The molecule has 6 nitrogen and oxygen atoms in total. The summed E-state index contributed by atoms with van der Waals surface area (Å²) >= 11 is 6.12. The van der Waals surface area contributed by atoms with Crippen LogP contribution < -0.4 is 14.8 Å². The fourth-order valence-corrected chi connectivity index (χ4v) is 2.34. The van der Waals surface area contributed by atoms with E-state index in [-0.39, 0.29) is 17.5 Å². The highest BCUT2D eigenvalue weighted by atomic mass is 35.5. The maximum absolute atomic E-state index is 12.1. The first-order valence-corrected chi connectivity index (χ1v) is 7.33. The van der Waals surface area contributed by atoms with E-state index in [0.717, 1.165) is 0 Å². The van der Waals surface area contributed by atoms with Gasteiger partial charge in [-0.3, -0.25) is 4.79 Å². The number of halogens is 1. The minimum atomic E-state index is -1.28. The summed E-state index contributed by atoms with van der Waals surface area (Å²) in [7, 11) is 0. The highest BCUT2D eigenvalue weighted by Gasteiger charge is 2.18. The van der Waals surface area contributed by atoms with Gasteiger partial charge in [0.15, 0.2) is 11.5 Å². The number of nitrogens with one attached hydrogen (secondary N) is 1. The number of rotatable bonds is 4. The summed E-state index contributed by atoms with van der Waals surface area (Å²) in [6, 6.07) is 11.4. The monoisotopic (exact) mass is 345 g/mol. The van der Waals surface area contributed by atoms with Gasteiger partial charge in [0.2, 0.25) is 6.79 Å². The molecule has 0 saturated carbocycles. The number of carbonyl (C=O) groups is 2. The largest absolute Gasteiger partial charge is 0.477 e. The lowest BCUT2D eigenvalue weighted by Crippen LogP contribution is -2.27. The van der Waals surface area contributed by atoms with E-state index < -0.39 is 11.9 Å². The number of amides is 1. The third kappa shape index (κ3) is 3.33. The van der Waals surface area contributed by atoms with E-state index >= 15 is 0 Å². The Labute approximate surface area is 142 Å². The lowest BCUT2D eigenvalue weighted by Gasteiger charge is -2.07. The molecule has 2 N–H and O–H groups in total. The molecule has 0 radical (unpaired) electrons. The van der Waals surface area contributed by atoms with Gasteiger partial charge in [0.05, 0.1) is 5.02 Å². The molecule has 0 saturated heterocycles. The molecular formula is C17H12ClNO5. The molecule has 0 bridgehead atoms. The Morgan fingerprint density at radius 3 is 2.46 bits per heavy atom. The molecule has 0 atom stereocenters. The van der Waals surface area contributed by atoms with Gasteiger partial charge in [0, 0.05) is 11.6 Å². The number of hydrogen-bond donors (Lipinski definition) is 2. The molecule has 0 aromatic heterocycles. The van der Waals surface area contributed by atoms with Crippen molar-refractivity contribution in [2.45, 2.75) is 0 Å². The van der Waals surface area contributed by atoms with Gasteiger partial charge in [-0.15, -0.1) is 0 Å². The smallest absolute Gasteiger partial charge is 0.352 e. The molecule has 3 rings (SSSR count). The maximum atomic E-state index is 12.1. The Hall–Kier alpha value is -2.99. The third-order valence-corrected chi connectivity index (χ3v) is 3.63. The Morgan fingerprint density at radius 2 is 1.79 bits per heavy atom. The number of aliphatic carboxylic acids is 1. The van der Waals surface area contributed by atoms with Crippen molar-refractivity contribution in [3.05, 3.63) is 64.3 Å². The number of benzene rings is 2. The third-order valence-electron chi connectivity index (χ3n) is 3.31. The summed E-state index contributed by atoms with van der Waals surface area (Å²) < 4.78 is 10.4. The van der Waals surface area contributed by atoms with Crippen LogP contribution in [0.5, 0.6) is 11.5 Å². The van der Waals surface area contributed by atoms with Crippen LogP contribution in [0.3, 0.4) is 0 Å². The van der Waals surface area contributed by atoms with Gasteiger partial charge in [-0.2, -0.15) is 0 Å². The molecule has 2 aromatic carbocycles. The molecule has 1 aliphatic heterocycles. The van der Waals surface area contributed by atoms with E-state index in [1.807, 2.05) is 0 Å². The summed E-state index contributed by atoms with van der Waals surface area (Å²) in [5.74, 6) is -0.860. The van der Waals surface area contributed by atoms with Gasteiger partial charge in [-0.1, -0.05) is 29.8 Å². The first-order valence-electron chi connectivity index (χ1n) is 6.95. The molecule has 1 amide bonds. The zero-order valence-electron chi connectivity index (χ0n) is 12.3. The Kier molecular flexibility index (Phi) is 4.39. The minimum Gasteiger partial charge on any atom is -0.477 e. The van der Waals surface area contributed by atoms with Crippen molar-refractivity contribution in [3.8, 4) is 11.5 Å². The van der Waals surface area contributed by atoms with Crippen LogP contribution in [-0.4, -0.2) is 23.8 Å². The summed E-state index contributed by atoms with van der Waals surface area (Å²) in [6.45, 7) is 0.0787. The van der Waals surface area contributed by atoms with Gasteiger partial charge < -0.3 is 19.9 Å². The zero-order valence-corrected chi connectivity index (χ0v) is 13.0. The second kappa shape index (κ2) is 6.64. The Bertz CT molecular complexity index is 832. The van der Waals surface area contributed by atoms with E-state index in [0.29, 0.717) is 22.6 Å². The van der Waals surface area contributed by atoms with Crippen LogP contribution in [-0.2, 0) is 4.79 Å². The van der Waals surface area contributed by atoms with Crippen LogP contribution >= 0.6 is 11.6 Å². The fourth-order valence-electron chi connectivity index (χ4n) is 2.13. The highest BCUT2D eigenvalue weighted by molar-refractivity contribution is 6.32. The van der Waals surface area contributed by atoms with Crippen molar-refractivity contribution >= 4 is 29.6 Å². The van der Waals surface area contributed by atoms with Crippen molar-refractivity contribution < 1.29 is 24.2 Å². The Balaban J connectivity index is 1.90. The van der Waals surface area contributed by atoms with Crippen molar-refractivity contribution in [1.82, 2.24) is 5.32 Å². The topological polar surface area (TPSA) is 84.9 Å². The van der Waals surface area contributed by atoms with Gasteiger partial charge in [0.25, 0.3) is 5.91 Å². The lowest BCUT2D eigenvalue weighted by atomic mass is 10.1. The van der Waals surface area contributed by atoms with Crippen LogP contribution in [0.15, 0.2) is 48.2 Å². The lowest BCUT2D eigenvalue weighted by molar-refractivity contribution is -0.132. The molecule has 0 aliphatic carbocycles. The van der Waals surface area contributed by atoms with E-state index in [1.165, 1.54) is 12.1 Å². The van der Waals surface area contributed by atoms with Gasteiger partial charge >= 0.3 is 5.97 Å².